The van der Waals surface area contributed by atoms with Crippen LogP contribution in [0.3, 0.4) is 0 Å². The lowest BCUT2D eigenvalue weighted by atomic mass is 10.5. The third kappa shape index (κ3) is 5.54. The maximum Gasteiger partial charge on any atom is 0.306 e. The zero-order chi connectivity index (χ0) is 7.11. The fraction of sp³-hybridized carbons (Fsp3) is 0.833. The van der Waals surface area contributed by atoms with E-state index in [9.17, 15) is 0 Å². The Bertz CT molecular complexity index is 116. The molecule has 0 saturated heterocycles. The van der Waals surface area contributed by atoms with Crippen molar-refractivity contribution in [3.63, 3.8) is 0 Å². The first-order valence-corrected chi connectivity index (χ1v) is 3.60. The van der Waals surface area contributed by atoms with Gasteiger partial charge in [0.05, 0.1) is 0 Å². The van der Waals surface area contributed by atoms with Crippen molar-refractivity contribution in [3.05, 3.63) is 0 Å². The molecule has 0 radical (unpaired) electrons. The SMILES string of the molecule is CCC=[N+]=NC(Cl)CC. The van der Waals surface area contributed by atoms with Crippen molar-refractivity contribution in [2.45, 2.75) is 32.2 Å². The normalized spacial score (nSPS) is 11.9. The summed E-state index contributed by atoms with van der Waals surface area (Å²) in [5.41, 5.74) is -0.146. The van der Waals surface area contributed by atoms with Gasteiger partial charge in [-0.15, -0.1) is 0 Å². The van der Waals surface area contributed by atoms with Gasteiger partial charge < -0.3 is 0 Å². The summed E-state index contributed by atoms with van der Waals surface area (Å²) in [6, 6.07) is 0. The van der Waals surface area contributed by atoms with Crippen molar-refractivity contribution in [1.82, 2.24) is 0 Å². The quantitative estimate of drug-likeness (QED) is 0.192. The van der Waals surface area contributed by atoms with Crippen molar-refractivity contribution in [2.75, 3.05) is 0 Å². The summed E-state index contributed by atoms with van der Waals surface area (Å²) in [6.45, 7) is 3.98. The minimum atomic E-state index is -0.146. The van der Waals surface area contributed by atoms with Crippen LogP contribution in [0, 0.1) is 0 Å². The molecule has 0 aromatic heterocycles. The molecule has 3 heteroatoms. The summed E-state index contributed by atoms with van der Waals surface area (Å²) in [4.78, 5) is 3.73. The molecule has 2 nitrogen and oxygen atoms in total. The lowest BCUT2D eigenvalue weighted by Gasteiger charge is -1.82. The molecule has 9 heavy (non-hydrogen) atoms. The fourth-order valence-corrected chi connectivity index (χ4v) is 0.333. The van der Waals surface area contributed by atoms with Crippen molar-refractivity contribution >= 4 is 17.8 Å². The summed E-state index contributed by atoms with van der Waals surface area (Å²) in [7, 11) is 0. The third-order valence-corrected chi connectivity index (χ3v) is 1.19. The van der Waals surface area contributed by atoms with Crippen LogP contribution in [0.1, 0.15) is 26.7 Å². The Morgan fingerprint density at radius 1 is 1.67 bits per heavy atom. The number of halogens is 1. The van der Waals surface area contributed by atoms with E-state index in [-0.39, 0.29) is 5.50 Å². The molecule has 0 heterocycles. The molecule has 0 aliphatic heterocycles. The van der Waals surface area contributed by atoms with Crippen LogP contribution < -0.4 is 0 Å². The third-order valence-electron chi connectivity index (χ3n) is 0.793. The maximum atomic E-state index is 5.62. The van der Waals surface area contributed by atoms with Gasteiger partial charge in [-0.2, -0.15) is 0 Å². The molecule has 1 atom stereocenters. The molecule has 0 aliphatic rings. The average Bonchev–Trinajstić information content (AvgIpc) is 1.89. The van der Waals surface area contributed by atoms with Gasteiger partial charge >= 0.3 is 6.21 Å². The van der Waals surface area contributed by atoms with Crippen molar-refractivity contribution < 1.29 is 4.79 Å². The van der Waals surface area contributed by atoms with Crippen LogP contribution in [0.4, 0.5) is 0 Å². The molecule has 52 valence electrons. The number of alkyl halides is 1. The molecule has 0 rings (SSSR count). The summed E-state index contributed by atoms with van der Waals surface area (Å²) in [6.07, 6.45) is 3.49. The van der Waals surface area contributed by atoms with Gasteiger partial charge in [0.2, 0.25) is 5.50 Å². The van der Waals surface area contributed by atoms with E-state index in [1.807, 2.05) is 13.8 Å². The van der Waals surface area contributed by atoms with Gasteiger partial charge in [0.15, 0.2) is 0 Å². The second-order valence-electron chi connectivity index (χ2n) is 1.66. The van der Waals surface area contributed by atoms with Crippen LogP contribution in [0.15, 0.2) is 5.11 Å². The van der Waals surface area contributed by atoms with E-state index in [4.69, 9.17) is 11.6 Å². The monoisotopic (exact) mass is 147 g/mol. The predicted molar refractivity (Wildman–Crippen MR) is 39.0 cm³/mol. The smallest absolute Gasteiger partial charge is 0.0891 e. The van der Waals surface area contributed by atoms with E-state index < -0.39 is 0 Å². The summed E-state index contributed by atoms with van der Waals surface area (Å²) >= 11 is 5.62. The van der Waals surface area contributed by atoms with E-state index in [1.54, 1.807) is 6.21 Å². The lowest BCUT2D eigenvalue weighted by Crippen LogP contribution is -1.88. The standard InChI is InChI=1S/C6H12ClN2/c1-3-5-8-9-6(7)4-2/h5-6H,3-4H2,1-2H3/q+1. The zero-order valence-electron chi connectivity index (χ0n) is 5.84. The maximum absolute atomic E-state index is 5.62. The van der Waals surface area contributed by atoms with Crippen LogP contribution >= 0.6 is 11.6 Å². The van der Waals surface area contributed by atoms with Gasteiger partial charge in [-0.05, 0) is 6.42 Å². The van der Waals surface area contributed by atoms with E-state index in [1.165, 1.54) is 0 Å². The van der Waals surface area contributed by atoms with Crippen LogP contribution in [0.2, 0.25) is 0 Å². The van der Waals surface area contributed by atoms with Gasteiger partial charge in [-0.1, -0.05) is 25.4 Å². The molecule has 0 aliphatic carbocycles. The molecule has 0 aromatic carbocycles. The van der Waals surface area contributed by atoms with E-state index >= 15 is 0 Å². The molecule has 1 unspecified atom stereocenters. The van der Waals surface area contributed by atoms with Crippen molar-refractivity contribution in [2.24, 2.45) is 5.11 Å². The van der Waals surface area contributed by atoms with Crippen molar-refractivity contribution in [3.8, 4) is 0 Å². The highest BCUT2D eigenvalue weighted by atomic mass is 35.5. The molecular weight excluding hydrogens is 136 g/mol. The van der Waals surface area contributed by atoms with E-state index in [2.05, 4.69) is 9.90 Å². The van der Waals surface area contributed by atoms with Crippen molar-refractivity contribution in [1.29, 1.82) is 0 Å². The fourth-order valence-electron chi connectivity index (χ4n) is 0.283. The Morgan fingerprint density at radius 2 is 2.33 bits per heavy atom. The number of hydrogen-bond acceptors (Lipinski definition) is 1. The highest BCUT2D eigenvalue weighted by Crippen LogP contribution is 1.99. The Morgan fingerprint density at radius 3 is 2.78 bits per heavy atom. The Hall–Kier alpha value is -0.330. The summed E-state index contributed by atoms with van der Waals surface area (Å²) < 4.78 is 0. The van der Waals surface area contributed by atoms with Crippen LogP contribution in [0.25, 0.3) is 0 Å². The molecule has 0 spiro atoms. The van der Waals surface area contributed by atoms with Gasteiger partial charge in [0.25, 0.3) is 0 Å². The predicted octanol–water partition coefficient (Wildman–Crippen LogP) is 2.10. The second-order valence-corrected chi connectivity index (χ2v) is 2.17. The van der Waals surface area contributed by atoms with Gasteiger partial charge in [-0.25, -0.2) is 0 Å². The minimum absolute atomic E-state index is 0.146. The zero-order valence-corrected chi connectivity index (χ0v) is 6.60. The average molecular weight is 148 g/mol. The minimum Gasteiger partial charge on any atom is -0.0891 e. The van der Waals surface area contributed by atoms with Crippen LogP contribution in [0.5, 0.6) is 0 Å². The lowest BCUT2D eigenvalue weighted by molar-refractivity contribution is -0.0893. The van der Waals surface area contributed by atoms with Crippen LogP contribution in [-0.4, -0.2) is 16.5 Å². The number of hydrogen-bond donors (Lipinski definition) is 0. The molecular formula is C6H12ClN2+. The van der Waals surface area contributed by atoms with E-state index in [0.29, 0.717) is 0 Å². The number of rotatable bonds is 3. The Balaban J connectivity index is 3.55. The Labute approximate surface area is 60.7 Å². The van der Waals surface area contributed by atoms with Crippen LogP contribution in [-0.2, 0) is 0 Å². The topological polar surface area (TPSA) is 26.5 Å². The molecule has 0 bridgehead atoms. The largest absolute Gasteiger partial charge is 0.306 e. The van der Waals surface area contributed by atoms with Gasteiger partial charge in [-0.3, -0.25) is 0 Å². The molecule has 0 amide bonds. The Kier molecular flexibility index (Phi) is 5.59. The molecule has 0 aromatic rings. The highest BCUT2D eigenvalue weighted by molar-refractivity contribution is 6.20. The molecule has 0 N–H and O–H groups in total. The highest BCUT2D eigenvalue weighted by Gasteiger charge is 1.99. The summed E-state index contributed by atoms with van der Waals surface area (Å²) in [5.74, 6) is 0. The number of nitrogens with zero attached hydrogens (tertiary/aromatic N) is 2. The summed E-state index contributed by atoms with van der Waals surface area (Å²) in [5, 5.41) is 3.77. The molecule has 0 fully saturated rings. The first-order valence-electron chi connectivity index (χ1n) is 3.17. The first-order chi connectivity index (χ1) is 4.31. The van der Waals surface area contributed by atoms with Gasteiger partial charge in [0.1, 0.15) is 5.11 Å². The van der Waals surface area contributed by atoms with Gasteiger partial charge in [0, 0.05) is 11.2 Å². The molecule has 0 saturated carbocycles. The second kappa shape index (κ2) is 5.80. The first kappa shape index (κ1) is 8.67. The van der Waals surface area contributed by atoms with E-state index in [0.717, 1.165) is 12.8 Å².